The van der Waals surface area contributed by atoms with Gasteiger partial charge in [0, 0.05) is 19.3 Å². The Morgan fingerprint density at radius 1 is 0.657 bits per heavy atom. The fraction of sp³-hybridized carbons (Fsp3) is 0.650. The molecule has 0 fully saturated rings. The molecule has 0 aliphatic heterocycles. The number of carbonyl (C=O) groups is 7. The first-order valence-electron chi connectivity index (χ1n) is 10.8. The van der Waals surface area contributed by atoms with E-state index in [1.54, 1.807) is 13.8 Å². The number of carboxylic acid groups (broad SMARTS) is 2. The van der Waals surface area contributed by atoms with E-state index in [-0.39, 0.29) is 38.0 Å². The van der Waals surface area contributed by atoms with Gasteiger partial charge in [0.25, 0.3) is 0 Å². The smallest absolute Gasteiger partial charge is 0.326 e. The van der Waals surface area contributed by atoms with E-state index in [2.05, 4.69) is 16.0 Å². The molecular weight excluding hydrogens is 468 g/mol. The largest absolute Gasteiger partial charge is 0.481 e. The topological polar surface area (TPSA) is 274 Å². The molecule has 0 radical (unpaired) electrons. The zero-order chi connectivity index (χ0) is 27.3. The Morgan fingerprint density at radius 2 is 1.03 bits per heavy atom. The number of carbonyl (C=O) groups excluding carboxylic acids is 5. The van der Waals surface area contributed by atoms with Crippen LogP contribution in [0.4, 0.5) is 0 Å². The molecule has 35 heavy (non-hydrogen) atoms. The van der Waals surface area contributed by atoms with Crippen LogP contribution in [-0.2, 0) is 33.6 Å². The van der Waals surface area contributed by atoms with Gasteiger partial charge in [0.05, 0.1) is 6.04 Å². The van der Waals surface area contributed by atoms with Crippen LogP contribution < -0.4 is 33.2 Å². The number of nitrogens with one attached hydrogen (secondary N) is 3. The lowest BCUT2D eigenvalue weighted by Gasteiger charge is -2.25. The standard InChI is InChI=1S/C20H34N6O9/c1-9(2)16(23)19(33)25-11(5-8-15(29)30)17(31)24-10(3-6-13(21)27)18(32)26-12(20(34)35)4-7-14(22)28/h9-12,16H,3-8,23H2,1-2H3,(H2,21,27)(H2,22,28)(H,24,31)(H,25,33)(H,26,32)(H,29,30)(H,34,35). The molecule has 0 aromatic rings. The van der Waals surface area contributed by atoms with Crippen molar-refractivity contribution in [1.82, 2.24) is 16.0 Å². The summed E-state index contributed by atoms with van der Waals surface area (Å²) in [7, 11) is 0. The molecule has 0 saturated heterocycles. The summed E-state index contributed by atoms with van der Waals surface area (Å²) in [5.41, 5.74) is 15.9. The van der Waals surface area contributed by atoms with Gasteiger partial charge < -0.3 is 43.4 Å². The molecule has 15 heteroatoms. The van der Waals surface area contributed by atoms with Crippen molar-refractivity contribution in [3.63, 3.8) is 0 Å². The molecule has 0 aromatic heterocycles. The van der Waals surface area contributed by atoms with Crippen molar-refractivity contribution in [3.05, 3.63) is 0 Å². The fourth-order valence-corrected chi connectivity index (χ4v) is 2.75. The summed E-state index contributed by atoms with van der Waals surface area (Å²) in [5.74, 6) is -7.27. The van der Waals surface area contributed by atoms with Crippen molar-refractivity contribution in [2.45, 2.75) is 76.5 Å². The van der Waals surface area contributed by atoms with E-state index in [4.69, 9.17) is 22.3 Å². The number of aliphatic carboxylic acids is 2. The second-order valence-corrected chi connectivity index (χ2v) is 8.23. The van der Waals surface area contributed by atoms with E-state index in [0.717, 1.165) is 0 Å². The van der Waals surface area contributed by atoms with Crippen LogP contribution in [0.25, 0.3) is 0 Å². The van der Waals surface area contributed by atoms with Gasteiger partial charge in [0.1, 0.15) is 18.1 Å². The lowest BCUT2D eigenvalue weighted by molar-refractivity contribution is -0.142. The summed E-state index contributed by atoms with van der Waals surface area (Å²) < 4.78 is 0. The first-order valence-corrected chi connectivity index (χ1v) is 10.8. The zero-order valence-electron chi connectivity index (χ0n) is 19.6. The molecule has 0 rings (SSSR count). The number of hydrogen-bond acceptors (Lipinski definition) is 8. The molecule has 0 aromatic carbocycles. The number of primary amides is 2. The Morgan fingerprint density at radius 3 is 1.40 bits per heavy atom. The molecule has 0 heterocycles. The van der Waals surface area contributed by atoms with Crippen molar-refractivity contribution in [2.24, 2.45) is 23.1 Å². The number of rotatable bonds is 17. The molecule has 198 valence electrons. The van der Waals surface area contributed by atoms with Crippen LogP contribution in [0, 0.1) is 5.92 Å². The van der Waals surface area contributed by atoms with Crippen molar-refractivity contribution in [2.75, 3.05) is 0 Å². The Hall–Kier alpha value is -3.75. The molecule has 4 unspecified atom stereocenters. The minimum absolute atomic E-state index is 0.291. The van der Waals surface area contributed by atoms with Gasteiger partial charge in [0.2, 0.25) is 29.5 Å². The average Bonchev–Trinajstić information content (AvgIpc) is 2.74. The fourth-order valence-electron chi connectivity index (χ4n) is 2.75. The number of hydrogen-bond donors (Lipinski definition) is 8. The van der Waals surface area contributed by atoms with Crippen LogP contribution in [0.5, 0.6) is 0 Å². The van der Waals surface area contributed by atoms with E-state index in [1.807, 2.05) is 0 Å². The van der Waals surface area contributed by atoms with Gasteiger partial charge in [-0.2, -0.15) is 0 Å². The molecule has 0 aliphatic rings. The summed E-state index contributed by atoms with van der Waals surface area (Å²) in [5, 5.41) is 25.0. The van der Waals surface area contributed by atoms with E-state index in [1.165, 1.54) is 0 Å². The highest BCUT2D eigenvalue weighted by atomic mass is 16.4. The Labute approximate surface area is 201 Å². The summed E-state index contributed by atoms with van der Waals surface area (Å²) in [6, 6.07) is -5.37. The van der Waals surface area contributed by atoms with Crippen molar-refractivity contribution < 1.29 is 43.8 Å². The van der Waals surface area contributed by atoms with Gasteiger partial charge in [-0.1, -0.05) is 13.8 Å². The first kappa shape index (κ1) is 31.2. The Bertz CT molecular complexity index is 817. The SMILES string of the molecule is CC(C)C(N)C(=O)NC(CCC(=O)O)C(=O)NC(CCC(N)=O)C(=O)NC(CCC(N)=O)C(=O)O. The van der Waals surface area contributed by atoms with Gasteiger partial charge in [0.15, 0.2) is 0 Å². The summed E-state index contributed by atoms with van der Waals surface area (Å²) in [6.07, 6.45) is -2.17. The van der Waals surface area contributed by atoms with Gasteiger partial charge >= 0.3 is 11.9 Å². The highest BCUT2D eigenvalue weighted by Gasteiger charge is 2.31. The lowest BCUT2D eigenvalue weighted by Crippen LogP contribution is -2.57. The molecule has 11 N–H and O–H groups in total. The second-order valence-electron chi connectivity index (χ2n) is 8.23. The first-order chi connectivity index (χ1) is 16.1. The number of amides is 5. The highest BCUT2D eigenvalue weighted by Crippen LogP contribution is 2.06. The van der Waals surface area contributed by atoms with E-state index < -0.39 is 72.1 Å². The van der Waals surface area contributed by atoms with Crippen LogP contribution >= 0.6 is 0 Å². The van der Waals surface area contributed by atoms with Gasteiger partial charge in [-0.05, 0) is 25.2 Å². The zero-order valence-corrected chi connectivity index (χ0v) is 19.6. The predicted molar refractivity (Wildman–Crippen MR) is 120 cm³/mol. The van der Waals surface area contributed by atoms with E-state index >= 15 is 0 Å². The molecule has 0 spiro atoms. The molecule has 4 atom stereocenters. The summed E-state index contributed by atoms with van der Waals surface area (Å²) >= 11 is 0. The highest BCUT2D eigenvalue weighted by molar-refractivity contribution is 5.94. The van der Waals surface area contributed by atoms with Crippen molar-refractivity contribution in [1.29, 1.82) is 0 Å². The van der Waals surface area contributed by atoms with Crippen LogP contribution in [0.3, 0.4) is 0 Å². The third kappa shape index (κ3) is 12.9. The third-order valence-electron chi connectivity index (χ3n) is 4.91. The minimum Gasteiger partial charge on any atom is -0.481 e. The molecule has 0 aliphatic carbocycles. The van der Waals surface area contributed by atoms with E-state index in [0.29, 0.717) is 0 Å². The minimum atomic E-state index is -1.52. The van der Waals surface area contributed by atoms with Crippen LogP contribution in [0.15, 0.2) is 0 Å². The predicted octanol–water partition coefficient (Wildman–Crippen LogP) is -3.10. The normalized spacial score (nSPS) is 14.2. The van der Waals surface area contributed by atoms with E-state index in [9.17, 15) is 38.7 Å². The summed E-state index contributed by atoms with van der Waals surface area (Å²) in [4.78, 5) is 82.4. The van der Waals surface area contributed by atoms with Crippen LogP contribution in [0.2, 0.25) is 0 Å². The van der Waals surface area contributed by atoms with Gasteiger partial charge in [-0.15, -0.1) is 0 Å². The van der Waals surface area contributed by atoms with Crippen molar-refractivity contribution >= 4 is 41.5 Å². The second kappa shape index (κ2) is 15.2. The molecule has 5 amide bonds. The number of carboxylic acids is 2. The van der Waals surface area contributed by atoms with Gasteiger partial charge in [-0.3, -0.25) is 28.8 Å². The maximum absolute atomic E-state index is 12.8. The van der Waals surface area contributed by atoms with Crippen LogP contribution in [-0.4, -0.2) is 75.9 Å². The maximum atomic E-state index is 12.8. The quantitative estimate of drug-likeness (QED) is 0.0991. The maximum Gasteiger partial charge on any atom is 0.326 e. The molecular formula is C20H34N6O9. The lowest BCUT2D eigenvalue weighted by atomic mass is 10.0. The van der Waals surface area contributed by atoms with Crippen LogP contribution in [0.1, 0.15) is 52.4 Å². The molecule has 0 saturated carbocycles. The number of nitrogens with two attached hydrogens (primary N) is 3. The van der Waals surface area contributed by atoms with Gasteiger partial charge in [-0.25, -0.2) is 4.79 Å². The van der Waals surface area contributed by atoms with Crippen molar-refractivity contribution in [3.8, 4) is 0 Å². The Balaban J connectivity index is 5.65. The monoisotopic (exact) mass is 502 g/mol. The summed E-state index contributed by atoms with van der Waals surface area (Å²) in [6.45, 7) is 3.33. The Kier molecular flexibility index (Phi) is 13.6. The molecule has 0 bridgehead atoms. The third-order valence-corrected chi connectivity index (χ3v) is 4.91. The average molecular weight is 503 g/mol. The molecule has 15 nitrogen and oxygen atoms in total.